The Hall–Kier alpha value is -2.01. The fourth-order valence-electron chi connectivity index (χ4n) is 1.70. The number of para-hydroxylation sites is 1. The predicted molar refractivity (Wildman–Crippen MR) is 66.4 cm³/mol. The molecule has 2 nitrogen and oxygen atoms in total. The van der Waals surface area contributed by atoms with Gasteiger partial charge in [-0.2, -0.15) is 0 Å². The lowest BCUT2D eigenvalue weighted by atomic mass is 10.0. The highest BCUT2D eigenvalue weighted by atomic mass is 16.5. The van der Waals surface area contributed by atoms with Crippen molar-refractivity contribution in [2.45, 2.75) is 25.7 Å². The number of allylic oxidation sites excluding steroid dienone is 2. The second-order valence-corrected chi connectivity index (χ2v) is 3.93. The summed E-state index contributed by atoms with van der Waals surface area (Å²) in [5.74, 6) is 5.43. The average Bonchev–Trinajstić information content (AvgIpc) is 2.39. The summed E-state index contributed by atoms with van der Waals surface area (Å²) in [6, 6.07) is 8.98. The van der Waals surface area contributed by atoms with Crippen molar-refractivity contribution in [2.75, 3.05) is 0 Å². The van der Waals surface area contributed by atoms with Crippen molar-refractivity contribution < 1.29 is 9.53 Å². The lowest BCUT2D eigenvalue weighted by Gasteiger charge is -2.05. The number of benzene rings is 1. The number of hydrogen-bond acceptors (Lipinski definition) is 2. The Kier molecular flexibility index (Phi) is 3.99. The zero-order valence-electron chi connectivity index (χ0n) is 9.61. The fraction of sp³-hybridized carbons (Fsp3) is 0.267. The lowest BCUT2D eigenvalue weighted by molar-refractivity contribution is -0.128. The molecule has 0 amide bonds. The zero-order chi connectivity index (χ0) is 11.9. The van der Waals surface area contributed by atoms with E-state index in [0.29, 0.717) is 5.75 Å². The zero-order valence-corrected chi connectivity index (χ0v) is 9.61. The maximum absolute atomic E-state index is 11.4. The second kappa shape index (κ2) is 5.91. The van der Waals surface area contributed by atoms with Crippen molar-refractivity contribution >= 4 is 5.97 Å². The topological polar surface area (TPSA) is 26.3 Å². The summed E-state index contributed by atoms with van der Waals surface area (Å²) in [5.41, 5.74) is 1.06. The summed E-state index contributed by atoms with van der Waals surface area (Å²) in [6.45, 7) is 0. The first-order chi connectivity index (χ1) is 8.34. The van der Waals surface area contributed by atoms with E-state index in [2.05, 4.69) is 17.9 Å². The lowest BCUT2D eigenvalue weighted by Crippen LogP contribution is -2.04. The van der Waals surface area contributed by atoms with Gasteiger partial charge in [0.15, 0.2) is 0 Å². The van der Waals surface area contributed by atoms with Crippen LogP contribution in [-0.2, 0) is 4.79 Å². The molecule has 0 unspecified atom stereocenters. The molecule has 2 rings (SSSR count). The van der Waals surface area contributed by atoms with E-state index in [-0.39, 0.29) is 0 Å². The first-order valence-electron chi connectivity index (χ1n) is 5.82. The highest BCUT2D eigenvalue weighted by Crippen LogP contribution is 2.16. The molecule has 1 aromatic rings. The van der Waals surface area contributed by atoms with Gasteiger partial charge in [-0.3, -0.25) is 0 Å². The van der Waals surface area contributed by atoms with Crippen LogP contribution in [0.25, 0.3) is 0 Å². The van der Waals surface area contributed by atoms with Gasteiger partial charge in [0.1, 0.15) is 5.75 Å². The van der Waals surface area contributed by atoms with Crippen LogP contribution in [0.3, 0.4) is 0 Å². The van der Waals surface area contributed by atoms with Gasteiger partial charge in [-0.15, -0.1) is 0 Å². The minimum absolute atomic E-state index is 0.498. The number of rotatable bonds is 1. The number of hydrogen-bond donors (Lipinski definition) is 0. The molecule has 2 heteroatoms. The van der Waals surface area contributed by atoms with Crippen molar-refractivity contribution in [3.05, 3.63) is 42.0 Å². The van der Waals surface area contributed by atoms with Crippen LogP contribution in [-0.4, -0.2) is 5.97 Å². The number of carbonyl (C=O) groups is 1. The van der Waals surface area contributed by atoms with E-state index in [9.17, 15) is 4.79 Å². The number of esters is 1. The van der Waals surface area contributed by atoms with E-state index in [1.807, 2.05) is 18.2 Å². The molecule has 0 fully saturated rings. The van der Waals surface area contributed by atoms with Crippen molar-refractivity contribution in [3.63, 3.8) is 0 Å². The molecule has 0 saturated carbocycles. The minimum atomic E-state index is -0.498. The molecule has 0 bridgehead atoms. The van der Waals surface area contributed by atoms with Gasteiger partial charge < -0.3 is 4.74 Å². The Morgan fingerprint density at radius 1 is 1.18 bits per heavy atom. The van der Waals surface area contributed by atoms with Gasteiger partial charge >= 0.3 is 5.97 Å². The summed E-state index contributed by atoms with van der Waals surface area (Å²) in [7, 11) is 0. The molecule has 0 aliphatic heterocycles. The van der Waals surface area contributed by atoms with Crippen molar-refractivity contribution in [1.29, 1.82) is 0 Å². The number of carbonyl (C=O) groups excluding carboxylic acids is 1. The van der Waals surface area contributed by atoms with Crippen LogP contribution in [0.1, 0.15) is 25.7 Å². The standard InChI is InChI=1S/C15H14O2/c16-15(17-14-9-5-2-6-10-14)12-11-13-7-3-1-4-8-13/h2,5-7,9-10H,1,3-4,8H2. The van der Waals surface area contributed by atoms with Crippen molar-refractivity contribution in [1.82, 2.24) is 0 Å². The van der Waals surface area contributed by atoms with E-state index >= 15 is 0 Å². The average molecular weight is 226 g/mol. The molecule has 0 spiro atoms. The highest BCUT2D eigenvalue weighted by molar-refractivity contribution is 5.90. The van der Waals surface area contributed by atoms with Crippen LogP contribution in [0.4, 0.5) is 0 Å². The van der Waals surface area contributed by atoms with Crippen LogP contribution in [0.5, 0.6) is 5.75 Å². The Labute approximate surface area is 101 Å². The van der Waals surface area contributed by atoms with Gasteiger partial charge in [-0.1, -0.05) is 30.2 Å². The van der Waals surface area contributed by atoms with Gasteiger partial charge in [0.05, 0.1) is 0 Å². The molecule has 86 valence electrons. The maximum atomic E-state index is 11.4. The van der Waals surface area contributed by atoms with Crippen molar-refractivity contribution in [3.8, 4) is 17.6 Å². The molecule has 0 saturated heterocycles. The van der Waals surface area contributed by atoms with Crippen molar-refractivity contribution in [2.24, 2.45) is 0 Å². The predicted octanol–water partition coefficient (Wildman–Crippen LogP) is 3.10. The monoisotopic (exact) mass is 226 g/mol. The summed E-state index contributed by atoms with van der Waals surface area (Å²) in [4.78, 5) is 11.4. The van der Waals surface area contributed by atoms with E-state index < -0.39 is 5.97 Å². The Morgan fingerprint density at radius 2 is 2.00 bits per heavy atom. The SMILES string of the molecule is O=C(C#CC1=CCCCC1)Oc1ccccc1. The van der Waals surface area contributed by atoms with Gasteiger partial charge in [-0.25, -0.2) is 4.79 Å². The first-order valence-corrected chi connectivity index (χ1v) is 5.82. The van der Waals surface area contributed by atoms with Crippen LogP contribution >= 0.6 is 0 Å². The van der Waals surface area contributed by atoms with E-state index in [0.717, 1.165) is 24.8 Å². The second-order valence-electron chi connectivity index (χ2n) is 3.93. The Balaban J connectivity index is 1.93. The fourth-order valence-corrected chi connectivity index (χ4v) is 1.70. The summed E-state index contributed by atoms with van der Waals surface area (Å²) >= 11 is 0. The quantitative estimate of drug-likeness (QED) is 0.318. The third-order valence-electron chi connectivity index (χ3n) is 2.57. The van der Waals surface area contributed by atoms with Gasteiger partial charge in [0, 0.05) is 5.92 Å². The molecule has 0 atom stereocenters. The molecule has 0 aromatic heterocycles. The minimum Gasteiger partial charge on any atom is -0.417 e. The molecule has 1 aliphatic carbocycles. The molecule has 0 radical (unpaired) electrons. The van der Waals surface area contributed by atoms with Gasteiger partial charge in [0.2, 0.25) is 0 Å². The molecular formula is C15H14O2. The highest BCUT2D eigenvalue weighted by Gasteiger charge is 2.02. The molecular weight excluding hydrogens is 212 g/mol. The largest absolute Gasteiger partial charge is 0.417 e. The van der Waals surface area contributed by atoms with Crippen LogP contribution in [0.2, 0.25) is 0 Å². The normalized spacial score (nSPS) is 14.2. The molecule has 0 heterocycles. The molecule has 1 aliphatic rings. The Morgan fingerprint density at radius 3 is 2.71 bits per heavy atom. The smallest absolute Gasteiger partial charge is 0.390 e. The van der Waals surface area contributed by atoms with E-state index in [1.54, 1.807) is 12.1 Å². The van der Waals surface area contributed by atoms with Crippen LogP contribution < -0.4 is 4.74 Å². The van der Waals surface area contributed by atoms with Gasteiger partial charge in [-0.05, 0) is 43.4 Å². The van der Waals surface area contributed by atoms with Crippen LogP contribution in [0.15, 0.2) is 42.0 Å². The first kappa shape index (κ1) is 11.5. The third kappa shape index (κ3) is 3.81. The summed E-state index contributed by atoms with van der Waals surface area (Å²) in [5, 5.41) is 0. The maximum Gasteiger partial charge on any atom is 0.390 e. The molecule has 0 N–H and O–H groups in total. The van der Waals surface area contributed by atoms with Crippen LogP contribution in [0, 0.1) is 11.8 Å². The van der Waals surface area contributed by atoms with E-state index in [4.69, 9.17) is 4.74 Å². The molecule has 17 heavy (non-hydrogen) atoms. The summed E-state index contributed by atoms with van der Waals surface area (Å²) in [6.07, 6.45) is 6.53. The Bertz CT molecular complexity index is 475. The molecule has 1 aromatic carbocycles. The number of ether oxygens (including phenoxy) is 1. The summed E-state index contributed by atoms with van der Waals surface area (Å²) < 4.78 is 5.07. The van der Waals surface area contributed by atoms with E-state index in [1.165, 1.54) is 6.42 Å². The van der Waals surface area contributed by atoms with Gasteiger partial charge in [0.25, 0.3) is 0 Å². The third-order valence-corrected chi connectivity index (χ3v) is 2.57.